The van der Waals surface area contributed by atoms with Gasteiger partial charge in [0, 0.05) is 76.4 Å². The van der Waals surface area contributed by atoms with E-state index in [1.807, 2.05) is 59.5 Å². The Morgan fingerprint density at radius 3 is 0.821 bits per heavy atom. The van der Waals surface area contributed by atoms with Gasteiger partial charge in [0.2, 0.25) is 0 Å². The molecule has 0 saturated carbocycles. The van der Waals surface area contributed by atoms with Crippen molar-refractivity contribution in [3.63, 3.8) is 0 Å². The van der Waals surface area contributed by atoms with E-state index >= 15 is 0 Å². The third kappa shape index (κ3) is 24.9. The number of aromatic nitrogens is 6. The van der Waals surface area contributed by atoms with Crippen molar-refractivity contribution in [3.8, 4) is 34.2 Å². The second-order valence-electron chi connectivity index (χ2n) is 13.5. The number of halogens is 12. The minimum absolute atomic E-state index is 0. The normalized spacial score (nSPS) is 13.2. The van der Waals surface area contributed by atoms with Crippen molar-refractivity contribution in [2.75, 3.05) is 39.3 Å². The quantitative estimate of drug-likeness (QED) is 0.0511. The van der Waals surface area contributed by atoms with Crippen molar-refractivity contribution < 1.29 is 84.2 Å². The van der Waals surface area contributed by atoms with Gasteiger partial charge in [-0.2, -0.15) is 0 Å². The molecule has 6 rings (SSSR count). The Bertz CT molecular complexity index is 2260. The van der Waals surface area contributed by atoms with E-state index in [9.17, 15) is 64.7 Å². The summed E-state index contributed by atoms with van der Waals surface area (Å²) in [6.07, 6.45) is 9.65. The topological polar surface area (TPSA) is 168 Å². The SMILES string of the molecule is F[P-](F)(F)(F)(F)F.F[P-](F)(F)(F)(F)F.O=C(NCCN(CCNC(=O)c1ccc(-c2ccccn2)nc1)CCNC(=O)c1ccc(-c2ccccn2)nc1)c1ccc(-c2ccccn2)nc1.[Ru+2]. The zero-order valence-corrected chi connectivity index (χ0v) is 37.5. The summed E-state index contributed by atoms with van der Waals surface area (Å²) in [5.41, 5.74) is 5.47. The van der Waals surface area contributed by atoms with Crippen LogP contribution in [-0.2, 0) is 19.5 Å². The van der Waals surface area contributed by atoms with Gasteiger partial charge in [-0.15, -0.1) is 0 Å². The molecule has 0 aliphatic heterocycles. The number of rotatable bonds is 15. The standard InChI is InChI=1S/C39H36N10O3.2F6P.Ru/c50-37(28-10-13-34(46-25-28)31-7-1-4-16-40-31)43-19-22-49(23-20-44-38(51)29-11-14-35(47-26-29)32-8-2-5-17-41-32)24-21-45-39(52)30-12-15-36(48-27-30)33-9-3-6-18-42-33;2*1-7(2,3,4,5)6;/h1-18,25-27H,19-24H2,(H,43,50)(H,44,51)(H,45,52);;;/q;2*-1;+2. The van der Waals surface area contributed by atoms with Crippen LogP contribution in [0.15, 0.2) is 128 Å². The largest absolute Gasteiger partial charge is 2.00 e. The number of carbonyl (C=O) groups is 3. The van der Waals surface area contributed by atoms with Crippen LogP contribution in [0.2, 0.25) is 0 Å². The van der Waals surface area contributed by atoms with Crippen molar-refractivity contribution in [2.24, 2.45) is 0 Å². The number of pyridine rings is 6. The number of nitrogens with zero attached hydrogens (tertiary/aromatic N) is 7. The molecule has 0 atom stereocenters. The van der Waals surface area contributed by atoms with Gasteiger partial charge in [-0.25, -0.2) is 0 Å². The summed E-state index contributed by atoms with van der Waals surface area (Å²) in [6.45, 7) is 2.41. The summed E-state index contributed by atoms with van der Waals surface area (Å²) in [6, 6.07) is 27.1. The van der Waals surface area contributed by atoms with Crippen LogP contribution >= 0.6 is 15.6 Å². The Balaban J connectivity index is 0.000000690. The first-order chi connectivity index (χ1) is 30.4. The number of amides is 3. The van der Waals surface area contributed by atoms with Crippen LogP contribution in [0.3, 0.4) is 0 Å². The van der Waals surface area contributed by atoms with E-state index in [2.05, 4.69) is 45.9 Å². The van der Waals surface area contributed by atoms with E-state index in [0.717, 1.165) is 17.1 Å². The van der Waals surface area contributed by atoms with Gasteiger partial charge in [0.25, 0.3) is 17.7 Å². The van der Waals surface area contributed by atoms with E-state index in [1.54, 1.807) is 55.0 Å². The van der Waals surface area contributed by atoms with Crippen molar-refractivity contribution >= 4 is 33.3 Å². The van der Waals surface area contributed by atoms with Gasteiger partial charge in [-0.3, -0.25) is 49.2 Å². The fraction of sp³-hybridized carbons (Fsp3) is 0.154. The molecule has 0 fully saturated rings. The van der Waals surface area contributed by atoms with E-state index < -0.39 is 15.6 Å². The van der Waals surface area contributed by atoms with Gasteiger partial charge in [0.05, 0.1) is 50.9 Å². The third-order valence-electron chi connectivity index (χ3n) is 8.00. The molecule has 362 valence electrons. The number of hydrogen-bond donors (Lipinski definition) is 3. The minimum Gasteiger partial charge on any atom is -0.351 e. The molecule has 0 unspecified atom stereocenters. The Kier molecular flexibility index (Phi) is 17.5. The zero-order chi connectivity index (χ0) is 48.8. The average molecular weight is 1080 g/mol. The maximum absolute atomic E-state index is 12.9. The van der Waals surface area contributed by atoms with Crippen molar-refractivity contribution in [1.82, 2.24) is 50.8 Å². The number of carbonyl (C=O) groups excluding carboxylic acids is 3. The predicted molar refractivity (Wildman–Crippen MR) is 223 cm³/mol. The molecular formula is C39H36F12N10O3P2Ru. The smallest absolute Gasteiger partial charge is 0.351 e. The molecule has 0 spiro atoms. The van der Waals surface area contributed by atoms with Crippen LogP contribution < -0.4 is 16.0 Å². The number of nitrogens with one attached hydrogen (secondary N) is 3. The summed E-state index contributed by atoms with van der Waals surface area (Å²) >= 11 is 0. The van der Waals surface area contributed by atoms with Crippen LogP contribution in [-0.4, -0.2) is 91.8 Å². The zero-order valence-electron chi connectivity index (χ0n) is 34.0. The maximum Gasteiger partial charge on any atom is 2.00 e. The second kappa shape index (κ2) is 21.3. The first kappa shape index (κ1) is 55.2. The molecule has 0 saturated heterocycles. The summed E-state index contributed by atoms with van der Waals surface area (Å²) in [7, 11) is -21.3. The van der Waals surface area contributed by atoms with Crippen molar-refractivity contribution in [3.05, 3.63) is 145 Å². The maximum atomic E-state index is 12.9. The monoisotopic (exact) mass is 1080 g/mol. The molecule has 13 nitrogen and oxygen atoms in total. The Morgan fingerprint density at radius 1 is 0.388 bits per heavy atom. The third-order valence-corrected chi connectivity index (χ3v) is 8.00. The molecular weight excluding hydrogens is 1050 g/mol. The summed E-state index contributed by atoms with van der Waals surface area (Å²) in [5.74, 6) is -0.778. The van der Waals surface area contributed by atoms with E-state index in [0.29, 0.717) is 73.0 Å². The first-order valence-corrected chi connectivity index (χ1v) is 22.8. The van der Waals surface area contributed by atoms with Gasteiger partial charge >= 0.3 is 85.5 Å². The minimum atomic E-state index is -10.7. The Labute approximate surface area is 385 Å². The van der Waals surface area contributed by atoms with E-state index in [4.69, 9.17) is 0 Å². The Morgan fingerprint density at radius 2 is 0.627 bits per heavy atom. The van der Waals surface area contributed by atoms with Gasteiger partial charge in [-0.1, -0.05) is 18.2 Å². The molecule has 0 aliphatic rings. The predicted octanol–water partition coefficient (Wildman–Crippen LogP) is 10.7. The molecule has 0 aromatic carbocycles. The van der Waals surface area contributed by atoms with Crippen molar-refractivity contribution in [1.29, 1.82) is 0 Å². The van der Waals surface area contributed by atoms with Crippen LogP contribution in [0.4, 0.5) is 50.4 Å². The molecule has 3 amide bonds. The second-order valence-corrected chi connectivity index (χ2v) is 17.3. The van der Waals surface area contributed by atoms with E-state index in [-0.39, 0.29) is 37.2 Å². The molecule has 28 heteroatoms. The van der Waals surface area contributed by atoms with Gasteiger partial charge in [0.1, 0.15) is 0 Å². The fourth-order valence-electron chi connectivity index (χ4n) is 5.21. The van der Waals surface area contributed by atoms with Crippen LogP contribution in [0.1, 0.15) is 31.1 Å². The molecule has 6 aromatic heterocycles. The molecule has 3 N–H and O–H groups in total. The summed E-state index contributed by atoms with van der Waals surface area (Å²) in [5, 5.41) is 8.82. The molecule has 0 radical (unpaired) electrons. The van der Waals surface area contributed by atoms with Gasteiger partial charge < -0.3 is 16.0 Å². The molecule has 0 aliphatic carbocycles. The average Bonchev–Trinajstić information content (AvgIpc) is 3.25. The fourth-order valence-corrected chi connectivity index (χ4v) is 5.21. The van der Waals surface area contributed by atoms with Crippen LogP contribution in [0.5, 0.6) is 0 Å². The molecule has 6 heterocycles. The molecule has 6 aromatic rings. The summed E-state index contributed by atoms with van der Waals surface area (Å²) in [4.78, 5) is 66.8. The van der Waals surface area contributed by atoms with Crippen LogP contribution in [0.25, 0.3) is 34.2 Å². The summed E-state index contributed by atoms with van der Waals surface area (Å²) < 4.78 is 118. The van der Waals surface area contributed by atoms with Crippen LogP contribution in [0, 0.1) is 0 Å². The van der Waals surface area contributed by atoms with E-state index in [1.165, 1.54) is 18.6 Å². The molecule has 0 bridgehead atoms. The Hall–Kier alpha value is -6.09. The van der Waals surface area contributed by atoms with Gasteiger partial charge in [0.15, 0.2) is 0 Å². The molecule has 67 heavy (non-hydrogen) atoms. The first-order valence-electron chi connectivity index (χ1n) is 18.8. The van der Waals surface area contributed by atoms with Gasteiger partial charge in [-0.05, 0) is 72.8 Å². The number of hydrogen-bond acceptors (Lipinski definition) is 10. The van der Waals surface area contributed by atoms with Crippen molar-refractivity contribution in [2.45, 2.75) is 0 Å².